The number of fused-ring (bicyclic) bond motifs is 1. The molecule has 0 fully saturated rings. The number of hydrogen-bond donors (Lipinski definition) is 1. The van der Waals surface area contributed by atoms with E-state index in [1.54, 1.807) is 48.8 Å². The van der Waals surface area contributed by atoms with Crippen LogP contribution in [0.1, 0.15) is 17.0 Å². The van der Waals surface area contributed by atoms with Crippen LogP contribution in [0.2, 0.25) is 0 Å². The molecule has 1 atom stereocenters. The third-order valence-electron chi connectivity index (χ3n) is 5.68. The van der Waals surface area contributed by atoms with Crippen molar-refractivity contribution in [3.63, 3.8) is 0 Å². The van der Waals surface area contributed by atoms with E-state index in [1.807, 2.05) is 23.6 Å². The number of pyridine rings is 1. The second-order valence-electron chi connectivity index (χ2n) is 7.82. The Kier molecular flexibility index (Phi) is 6.26. The number of rotatable bonds is 8. The van der Waals surface area contributed by atoms with Gasteiger partial charge in [0, 0.05) is 19.8 Å². The molecule has 4 aromatic rings. The summed E-state index contributed by atoms with van der Waals surface area (Å²) in [6.07, 6.45) is 3.49. The predicted molar refractivity (Wildman–Crippen MR) is 124 cm³/mol. The van der Waals surface area contributed by atoms with Crippen molar-refractivity contribution in [1.29, 1.82) is 0 Å². The van der Waals surface area contributed by atoms with Gasteiger partial charge < -0.3 is 9.67 Å². The Morgan fingerprint density at radius 3 is 2.42 bits per heavy atom. The zero-order chi connectivity index (χ0) is 23.6. The molecular formula is C24H24N4O4S. The fourth-order valence-electron chi connectivity index (χ4n) is 3.79. The molecule has 2 aromatic heterocycles. The first-order chi connectivity index (χ1) is 15.8. The molecule has 0 aliphatic rings. The number of sulfonamides is 1. The van der Waals surface area contributed by atoms with E-state index >= 15 is 0 Å². The van der Waals surface area contributed by atoms with Crippen LogP contribution in [0.3, 0.4) is 0 Å². The maximum absolute atomic E-state index is 13.2. The number of aryl methyl sites for hydroxylation is 1. The molecule has 1 N–H and O–H groups in total. The van der Waals surface area contributed by atoms with Gasteiger partial charge in [0.25, 0.3) is 0 Å². The molecule has 0 spiro atoms. The van der Waals surface area contributed by atoms with E-state index < -0.39 is 22.0 Å². The minimum absolute atomic E-state index is 0.0458. The Hall–Kier alpha value is -3.56. The van der Waals surface area contributed by atoms with Gasteiger partial charge in [-0.25, -0.2) is 13.4 Å². The lowest BCUT2D eigenvalue weighted by Gasteiger charge is -2.24. The van der Waals surface area contributed by atoms with Crippen molar-refractivity contribution >= 4 is 27.0 Å². The first kappa shape index (κ1) is 22.6. The van der Waals surface area contributed by atoms with E-state index in [4.69, 9.17) is 0 Å². The Morgan fingerprint density at radius 2 is 1.76 bits per heavy atom. The minimum atomic E-state index is -4.00. The van der Waals surface area contributed by atoms with Gasteiger partial charge in [-0.2, -0.15) is 4.31 Å². The molecule has 0 bridgehead atoms. The number of hydrogen-bond acceptors (Lipinski definition) is 5. The molecule has 0 radical (unpaired) electrons. The number of aliphatic carboxylic acids is 1. The van der Waals surface area contributed by atoms with Crippen LogP contribution in [-0.4, -0.2) is 51.4 Å². The van der Waals surface area contributed by atoms with Gasteiger partial charge in [-0.3, -0.25) is 9.78 Å². The van der Waals surface area contributed by atoms with Crippen molar-refractivity contribution in [1.82, 2.24) is 18.8 Å². The molecule has 0 saturated carbocycles. The smallest absolute Gasteiger partial charge is 0.322 e. The number of benzene rings is 2. The van der Waals surface area contributed by atoms with Crippen LogP contribution in [0.25, 0.3) is 11.0 Å². The molecule has 0 aliphatic carbocycles. The molecule has 4 rings (SSSR count). The van der Waals surface area contributed by atoms with Crippen molar-refractivity contribution in [2.75, 3.05) is 7.05 Å². The maximum Gasteiger partial charge on any atom is 0.322 e. The molecule has 9 heteroatoms. The van der Waals surface area contributed by atoms with E-state index in [1.165, 1.54) is 19.2 Å². The zero-order valence-electron chi connectivity index (χ0n) is 18.3. The molecule has 33 heavy (non-hydrogen) atoms. The van der Waals surface area contributed by atoms with E-state index in [2.05, 4.69) is 9.97 Å². The minimum Gasteiger partial charge on any atom is -0.480 e. The predicted octanol–water partition coefficient (Wildman–Crippen LogP) is 3.10. The van der Waals surface area contributed by atoms with Gasteiger partial charge in [0.15, 0.2) is 0 Å². The Labute approximate surface area is 192 Å². The lowest BCUT2D eigenvalue weighted by molar-refractivity contribution is -0.141. The molecular weight excluding hydrogens is 440 g/mol. The molecule has 0 saturated heterocycles. The Bertz CT molecular complexity index is 1380. The van der Waals surface area contributed by atoms with Crippen LogP contribution < -0.4 is 0 Å². The molecule has 2 aromatic carbocycles. The highest BCUT2D eigenvalue weighted by Crippen LogP contribution is 2.21. The standard InChI is InChI=1S/C24H24N4O4S/c1-17-26-21-15-25-13-12-22(21)28(17)16-19-8-10-20(11-9-19)33(31,32)27(2)23(24(29)30)14-18-6-4-3-5-7-18/h3-13,15,23H,14,16H2,1-2H3,(H,29,30)/t23-/m0/s1. The zero-order valence-corrected chi connectivity index (χ0v) is 19.1. The number of imidazole rings is 1. The third-order valence-corrected chi connectivity index (χ3v) is 7.56. The highest BCUT2D eigenvalue weighted by atomic mass is 32.2. The van der Waals surface area contributed by atoms with Gasteiger partial charge in [-0.1, -0.05) is 42.5 Å². The quantitative estimate of drug-likeness (QED) is 0.430. The SMILES string of the molecule is Cc1nc2cnccc2n1Cc1ccc(S(=O)(=O)N(C)[C@@H](Cc2ccccc2)C(=O)O)cc1. The van der Waals surface area contributed by atoms with E-state index in [0.29, 0.717) is 6.54 Å². The largest absolute Gasteiger partial charge is 0.480 e. The van der Waals surface area contributed by atoms with E-state index in [0.717, 1.165) is 32.3 Å². The summed E-state index contributed by atoms with van der Waals surface area (Å²) in [5, 5.41) is 9.70. The van der Waals surface area contributed by atoms with Crippen LogP contribution in [-0.2, 0) is 27.8 Å². The Morgan fingerprint density at radius 1 is 1.06 bits per heavy atom. The molecule has 2 heterocycles. The summed E-state index contributed by atoms with van der Waals surface area (Å²) >= 11 is 0. The van der Waals surface area contributed by atoms with Gasteiger partial charge in [-0.05, 0) is 42.7 Å². The van der Waals surface area contributed by atoms with Crippen LogP contribution in [0, 0.1) is 6.92 Å². The fraction of sp³-hybridized carbons (Fsp3) is 0.208. The average molecular weight is 465 g/mol. The lowest BCUT2D eigenvalue weighted by Crippen LogP contribution is -2.43. The highest BCUT2D eigenvalue weighted by Gasteiger charge is 2.33. The van der Waals surface area contributed by atoms with Crippen LogP contribution in [0.4, 0.5) is 0 Å². The van der Waals surface area contributed by atoms with E-state index in [-0.39, 0.29) is 11.3 Å². The molecule has 0 unspecified atom stereocenters. The summed E-state index contributed by atoms with van der Waals surface area (Å²) in [6.45, 7) is 2.43. The molecule has 0 amide bonds. The second kappa shape index (κ2) is 9.13. The number of aromatic nitrogens is 3. The lowest BCUT2D eigenvalue weighted by atomic mass is 10.1. The van der Waals surface area contributed by atoms with Gasteiger partial charge in [0.05, 0.1) is 16.6 Å². The van der Waals surface area contributed by atoms with Gasteiger partial charge in [0.1, 0.15) is 17.4 Å². The van der Waals surface area contributed by atoms with Gasteiger partial charge >= 0.3 is 5.97 Å². The summed E-state index contributed by atoms with van der Waals surface area (Å²) in [5.41, 5.74) is 3.40. The van der Waals surface area contributed by atoms with Crippen LogP contribution >= 0.6 is 0 Å². The summed E-state index contributed by atoms with van der Waals surface area (Å²) in [4.78, 5) is 20.5. The summed E-state index contributed by atoms with van der Waals surface area (Å²) in [5.74, 6) is -0.363. The summed E-state index contributed by atoms with van der Waals surface area (Å²) in [7, 11) is -2.69. The van der Waals surface area contributed by atoms with Crippen molar-refractivity contribution in [2.24, 2.45) is 0 Å². The first-order valence-electron chi connectivity index (χ1n) is 10.4. The first-order valence-corrected chi connectivity index (χ1v) is 11.8. The van der Waals surface area contributed by atoms with Crippen molar-refractivity contribution < 1.29 is 18.3 Å². The summed E-state index contributed by atoms with van der Waals surface area (Å²) < 4.78 is 29.3. The number of nitrogens with zero attached hydrogens (tertiary/aromatic N) is 4. The van der Waals surface area contributed by atoms with Gasteiger partial charge in [-0.15, -0.1) is 0 Å². The van der Waals surface area contributed by atoms with Crippen molar-refractivity contribution in [2.45, 2.75) is 30.8 Å². The second-order valence-corrected chi connectivity index (χ2v) is 9.82. The highest BCUT2D eigenvalue weighted by molar-refractivity contribution is 7.89. The topological polar surface area (TPSA) is 105 Å². The molecule has 0 aliphatic heterocycles. The van der Waals surface area contributed by atoms with E-state index in [9.17, 15) is 18.3 Å². The number of likely N-dealkylation sites (N-methyl/N-ethyl adjacent to an activating group) is 1. The number of carboxylic acids is 1. The monoisotopic (exact) mass is 464 g/mol. The normalized spacial score (nSPS) is 12.8. The van der Waals surface area contributed by atoms with Crippen molar-refractivity contribution in [3.8, 4) is 0 Å². The number of carboxylic acid groups (broad SMARTS) is 1. The average Bonchev–Trinajstić information content (AvgIpc) is 3.13. The fourth-order valence-corrected chi connectivity index (χ4v) is 5.11. The third kappa shape index (κ3) is 4.64. The van der Waals surface area contributed by atoms with Crippen LogP contribution in [0.15, 0.2) is 78.0 Å². The van der Waals surface area contributed by atoms with Crippen molar-refractivity contribution in [3.05, 3.63) is 90.0 Å². The Balaban J connectivity index is 1.56. The van der Waals surface area contributed by atoms with Crippen LogP contribution in [0.5, 0.6) is 0 Å². The molecule has 170 valence electrons. The maximum atomic E-state index is 13.2. The number of carbonyl (C=O) groups is 1. The van der Waals surface area contributed by atoms with Gasteiger partial charge in [0.2, 0.25) is 10.0 Å². The summed E-state index contributed by atoms with van der Waals surface area (Å²) in [6, 6.07) is 16.1. The molecule has 8 nitrogen and oxygen atoms in total.